The van der Waals surface area contributed by atoms with Crippen molar-refractivity contribution in [1.29, 1.82) is 0 Å². The number of benzene rings is 1. The molecule has 0 bridgehead atoms. The summed E-state index contributed by atoms with van der Waals surface area (Å²) in [4.78, 5) is 0. The van der Waals surface area contributed by atoms with Gasteiger partial charge in [-0.05, 0) is 43.0 Å². The minimum absolute atomic E-state index is 0.194. The molecule has 0 N–H and O–H groups in total. The van der Waals surface area contributed by atoms with E-state index in [2.05, 4.69) is 19.7 Å². The van der Waals surface area contributed by atoms with Gasteiger partial charge in [0.2, 0.25) is 0 Å². The molecule has 0 spiro atoms. The van der Waals surface area contributed by atoms with Crippen molar-refractivity contribution in [3.05, 3.63) is 71.3 Å². The Balaban J connectivity index is 2.99. The Morgan fingerprint density at radius 3 is 2.55 bits per heavy atom. The van der Waals surface area contributed by atoms with E-state index in [4.69, 9.17) is 32.7 Å². The third-order valence-corrected chi connectivity index (χ3v) is 3.86. The van der Waals surface area contributed by atoms with E-state index in [1.165, 1.54) is 0 Å². The van der Waals surface area contributed by atoms with Crippen LogP contribution in [0.2, 0.25) is 10.0 Å². The number of hydrogen-bond donors (Lipinski definition) is 0. The molecule has 0 aliphatic heterocycles. The highest BCUT2D eigenvalue weighted by atomic mass is 35.5. The molecule has 0 amide bonds. The number of halogens is 2. The van der Waals surface area contributed by atoms with Crippen LogP contribution in [0.5, 0.6) is 0 Å². The molecule has 1 rings (SSSR count). The van der Waals surface area contributed by atoms with Crippen LogP contribution >= 0.6 is 23.2 Å². The number of ether oxygens (including phenoxy) is 2. The van der Waals surface area contributed by atoms with Gasteiger partial charge in [0.15, 0.2) is 6.29 Å². The molecule has 4 heteroatoms. The lowest BCUT2D eigenvalue weighted by atomic mass is 10.0. The molecular formula is C18H22Cl2O2. The van der Waals surface area contributed by atoms with E-state index in [1.807, 2.05) is 25.1 Å². The number of hydrogen-bond acceptors (Lipinski definition) is 2. The maximum atomic E-state index is 6.11. The Morgan fingerprint density at radius 2 is 2.00 bits per heavy atom. The Hall–Kier alpha value is -1.06. The average Bonchev–Trinajstić information content (AvgIpc) is 2.52. The summed E-state index contributed by atoms with van der Waals surface area (Å²) in [6.45, 7) is 13.8. The van der Waals surface area contributed by atoms with E-state index < -0.39 is 6.29 Å². The van der Waals surface area contributed by atoms with Crippen LogP contribution in [0.25, 0.3) is 0 Å². The maximum Gasteiger partial charge on any atom is 0.183 e. The Kier molecular flexibility index (Phi) is 8.51. The molecule has 0 unspecified atom stereocenters. The maximum absolute atomic E-state index is 6.11. The fourth-order valence-corrected chi connectivity index (χ4v) is 2.23. The molecule has 0 saturated carbocycles. The Labute approximate surface area is 143 Å². The molecule has 0 heterocycles. The van der Waals surface area contributed by atoms with Gasteiger partial charge in [0.1, 0.15) is 0 Å². The fraction of sp³-hybridized carbons (Fsp3) is 0.333. The normalized spacial score (nSPS) is 13.4. The van der Waals surface area contributed by atoms with Crippen LogP contribution in [0, 0.1) is 0 Å². The Bertz CT molecular complexity index is 526. The lowest BCUT2D eigenvalue weighted by Crippen LogP contribution is -2.22. The molecule has 0 aliphatic rings. The van der Waals surface area contributed by atoms with Gasteiger partial charge in [0, 0.05) is 6.61 Å². The van der Waals surface area contributed by atoms with Gasteiger partial charge < -0.3 is 9.47 Å². The lowest BCUT2D eigenvalue weighted by molar-refractivity contribution is -0.147. The third-order valence-electron chi connectivity index (χ3n) is 3.12. The van der Waals surface area contributed by atoms with Crippen molar-refractivity contribution in [3.63, 3.8) is 0 Å². The van der Waals surface area contributed by atoms with E-state index in [0.29, 0.717) is 22.2 Å². The van der Waals surface area contributed by atoms with Crippen LogP contribution in [0.15, 0.2) is 55.7 Å². The number of allylic oxidation sites excluding steroid dienone is 1. The van der Waals surface area contributed by atoms with Crippen LogP contribution in [-0.4, -0.2) is 12.9 Å². The average molecular weight is 341 g/mol. The minimum atomic E-state index is -0.535. The molecule has 2 nitrogen and oxygen atoms in total. The molecule has 120 valence electrons. The summed E-state index contributed by atoms with van der Waals surface area (Å²) in [5.41, 5.74) is 1.63. The predicted molar refractivity (Wildman–Crippen MR) is 94.5 cm³/mol. The monoisotopic (exact) mass is 340 g/mol. The van der Waals surface area contributed by atoms with Crippen molar-refractivity contribution < 1.29 is 9.47 Å². The zero-order chi connectivity index (χ0) is 16.5. The molecule has 0 aromatic heterocycles. The van der Waals surface area contributed by atoms with E-state index in [1.54, 1.807) is 12.1 Å². The van der Waals surface area contributed by atoms with Gasteiger partial charge in [-0.3, -0.25) is 0 Å². The fourth-order valence-electron chi connectivity index (χ4n) is 1.93. The third kappa shape index (κ3) is 5.62. The van der Waals surface area contributed by atoms with Crippen LogP contribution in [0.4, 0.5) is 0 Å². The summed E-state index contributed by atoms with van der Waals surface area (Å²) in [6.07, 6.45) is 4.33. The van der Waals surface area contributed by atoms with Gasteiger partial charge in [0.25, 0.3) is 0 Å². The highest BCUT2D eigenvalue weighted by Crippen LogP contribution is 2.31. The first-order valence-electron chi connectivity index (χ1n) is 7.17. The first-order valence-corrected chi connectivity index (χ1v) is 7.93. The standard InChI is InChI=1S/C18H22Cl2O2/c1-5-8-9-17(14-10-11-15(19)16(20)12-14)22-18(21-7-3)13(4)6-2/h5-6,10-12,17-18H,1-2,4,7-9H2,3H3/t17-,18-/m0/s1. The Morgan fingerprint density at radius 1 is 1.27 bits per heavy atom. The second-order valence-corrected chi connectivity index (χ2v) is 5.55. The second-order valence-electron chi connectivity index (χ2n) is 4.73. The molecule has 2 atom stereocenters. The zero-order valence-electron chi connectivity index (χ0n) is 12.9. The van der Waals surface area contributed by atoms with Gasteiger partial charge in [-0.15, -0.1) is 6.58 Å². The SMILES string of the molecule is C=CCC[C@H](O[C@H](OCC)C(=C)C=C)c1ccc(Cl)c(Cl)c1. The van der Waals surface area contributed by atoms with Crippen molar-refractivity contribution in [2.24, 2.45) is 0 Å². The minimum Gasteiger partial charge on any atom is -0.349 e. The van der Waals surface area contributed by atoms with E-state index in [0.717, 1.165) is 18.4 Å². The van der Waals surface area contributed by atoms with Gasteiger partial charge in [-0.25, -0.2) is 0 Å². The zero-order valence-corrected chi connectivity index (χ0v) is 14.4. The summed E-state index contributed by atoms with van der Waals surface area (Å²) >= 11 is 12.1. The largest absolute Gasteiger partial charge is 0.349 e. The molecule has 1 aromatic rings. The van der Waals surface area contributed by atoms with E-state index in [9.17, 15) is 0 Å². The molecular weight excluding hydrogens is 319 g/mol. The van der Waals surface area contributed by atoms with Crippen LogP contribution in [0.3, 0.4) is 0 Å². The van der Waals surface area contributed by atoms with E-state index >= 15 is 0 Å². The second kappa shape index (κ2) is 9.86. The van der Waals surface area contributed by atoms with Gasteiger partial charge in [0.05, 0.1) is 16.1 Å². The summed E-state index contributed by atoms with van der Waals surface area (Å²) in [6, 6.07) is 5.49. The molecule has 1 aromatic carbocycles. The van der Waals surface area contributed by atoms with Crippen LogP contribution in [0.1, 0.15) is 31.4 Å². The highest BCUT2D eigenvalue weighted by molar-refractivity contribution is 6.42. The summed E-state index contributed by atoms with van der Waals surface area (Å²) in [5, 5.41) is 1.02. The molecule has 0 aliphatic carbocycles. The van der Waals surface area contributed by atoms with Gasteiger partial charge in [-0.1, -0.05) is 54.6 Å². The van der Waals surface area contributed by atoms with Crippen molar-refractivity contribution in [3.8, 4) is 0 Å². The molecule has 0 fully saturated rings. The van der Waals surface area contributed by atoms with Crippen molar-refractivity contribution in [2.75, 3.05) is 6.61 Å². The lowest BCUT2D eigenvalue weighted by Gasteiger charge is -2.25. The summed E-state index contributed by atoms with van der Waals surface area (Å²) in [7, 11) is 0. The molecule has 22 heavy (non-hydrogen) atoms. The van der Waals surface area contributed by atoms with Crippen molar-refractivity contribution in [1.82, 2.24) is 0 Å². The van der Waals surface area contributed by atoms with Gasteiger partial charge >= 0.3 is 0 Å². The van der Waals surface area contributed by atoms with E-state index in [-0.39, 0.29) is 6.10 Å². The molecule has 0 radical (unpaired) electrons. The van der Waals surface area contributed by atoms with Crippen LogP contribution in [-0.2, 0) is 9.47 Å². The summed E-state index contributed by atoms with van der Waals surface area (Å²) in [5.74, 6) is 0. The van der Waals surface area contributed by atoms with Crippen molar-refractivity contribution in [2.45, 2.75) is 32.2 Å². The topological polar surface area (TPSA) is 18.5 Å². The summed E-state index contributed by atoms with van der Waals surface area (Å²) < 4.78 is 11.7. The van der Waals surface area contributed by atoms with Crippen LogP contribution < -0.4 is 0 Å². The first kappa shape index (κ1) is 19.0. The predicted octanol–water partition coefficient (Wildman–Crippen LogP) is 6.12. The van der Waals surface area contributed by atoms with Gasteiger partial charge in [-0.2, -0.15) is 0 Å². The number of rotatable bonds is 10. The smallest absolute Gasteiger partial charge is 0.183 e. The first-order chi connectivity index (χ1) is 10.5. The molecule has 0 saturated heterocycles. The highest BCUT2D eigenvalue weighted by Gasteiger charge is 2.20. The van der Waals surface area contributed by atoms with Crippen molar-refractivity contribution >= 4 is 23.2 Å². The quantitative estimate of drug-likeness (QED) is 0.290.